The summed E-state index contributed by atoms with van der Waals surface area (Å²) in [7, 11) is 0. The standard InChI is InChI=1S/C12H15BrF2N2O2/c1-7-9(4-8(13)5-10(7)16)12(18)17-2-3-19-6-11(14)15/h4-5,11H,2-3,6,16H2,1H3,(H,17,18). The summed E-state index contributed by atoms with van der Waals surface area (Å²) >= 11 is 3.26. The van der Waals surface area contributed by atoms with Crippen molar-refractivity contribution in [2.75, 3.05) is 25.5 Å². The molecule has 3 N–H and O–H groups in total. The molecule has 1 rings (SSSR count). The minimum Gasteiger partial charge on any atom is -0.398 e. The van der Waals surface area contributed by atoms with Crippen LogP contribution in [0.15, 0.2) is 16.6 Å². The van der Waals surface area contributed by atoms with Crippen LogP contribution in [0.5, 0.6) is 0 Å². The second-order valence-electron chi connectivity index (χ2n) is 3.89. The molecule has 0 bridgehead atoms. The third-order valence-electron chi connectivity index (χ3n) is 2.43. The Kier molecular flexibility index (Phi) is 6.17. The smallest absolute Gasteiger partial charge is 0.261 e. The van der Waals surface area contributed by atoms with Crippen molar-refractivity contribution in [3.63, 3.8) is 0 Å². The van der Waals surface area contributed by atoms with E-state index >= 15 is 0 Å². The second-order valence-corrected chi connectivity index (χ2v) is 4.81. The van der Waals surface area contributed by atoms with Crippen LogP contribution in [-0.4, -0.2) is 32.1 Å². The average Bonchev–Trinajstić information content (AvgIpc) is 2.32. The molecule has 0 aliphatic carbocycles. The molecule has 0 radical (unpaired) electrons. The number of carbonyl (C=O) groups excluding carboxylic acids is 1. The number of rotatable bonds is 6. The summed E-state index contributed by atoms with van der Waals surface area (Å²) in [6.07, 6.45) is -2.50. The summed E-state index contributed by atoms with van der Waals surface area (Å²) in [4.78, 5) is 11.9. The van der Waals surface area contributed by atoms with Crippen molar-refractivity contribution in [2.45, 2.75) is 13.3 Å². The van der Waals surface area contributed by atoms with Crippen molar-refractivity contribution in [3.8, 4) is 0 Å². The fraction of sp³-hybridized carbons (Fsp3) is 0.417. The molecule has 0 saturated heterocycles. The van der Waals surface area contributed by atoms with Crippen LogP contribution in [0, 0.1) is 6.92 Å². The summed E-state index contributed by atoms with van der Waals surface area (Å²) in [5.74, 6) is -0.314. The number of nitrogen functional groups attached to an aromatic ring is 1. The van der Waals surface area contributed by atoms with Gasteiger partial charge in [-0.25, -0.2) is 8.78 Å². The van der Waals surface area contributed by atoms with Crippen LogP contribution in [0.2, 0.25) is 0 Å². The molecule has 0 heterocycles. The van der Waals surface area contributed by atoms with Crippen LogP contribution < -0.4 is 11.1 Å². The van der Waals surface area contributed by atoms with Crippen LogP contribution in [-0.2, 0) is 4.74 Å². The maximum Gasteiger partial charge on any atom is 0.261 e. The largest absolute Gasteiger partial charge is 0.398 e. The van der Waals surface area contributed by atoms with E-state index in [1.807, 2.05) is 0 Å². The summed E-state index contributed by atoms with van der Waals surface area (Å²) < 4.78 is 29.0. The number of halogens is 3. The second kappa shape index (κ2) is 7.40. The topological polar surface area (TPSA) is 64.4 Å². The quantitative estimate of drug-likeness (QED) is 0.619. The molecular weight excluding hydrogens is 322 g/mol. The van der Waals surface area contributed by atoms with Crippen LogP contribution in [0.4, 0.5) is 14.5 Å². The molecular formula is C12H15BrF2N2O2. The lowest BCUT2D eigenvalue weighted by molar-refractivity contribution is 0.0188. The van der Waals surface area contributed by atoms with E-state index in [-0.39, 0.29) is 19.1 Å². The molecule has 0 aromatic heterocycles. The Morgan fingerprint density at radius 2 is 2.21 bits per heavy atom. The first-order valence-electron chi connectivity index (χ1n) is 5.61. The van der Waals surface area contributed by atoms with E-state index in [0.717, 1.165) is 0 Å². The molecule has 1 aromatic carbocycles. The maximum atomic E-state index is 11.9. The molecule has 106 valence electrons. The number of carbonyl (C=O) groups is 1. The van der Waals surface area contributed by atoms with Gasteiger partial charge < -0.3 is 15.8 Å². The molecule has 0 atom stereocenters. The molecule has 0 unspecified atom stereocenters. The highest BCUT2D eigenvalue weighted by molar-refractivity contribution is 9.10. The maximum absolute atomic E-state index is 11.9. The van der Waals surface area contributed by atoms with Gasteiger partial charge >= 0.3 is 0 Å². The van der Waals surface area contributed by atoms with Gasteiger partial charge in [0.1, 0.15) is 6.61 Å². The zero-order chi connectivity index (χ0) is 14.4. The van der Waals surface area contributed by atoms with E-state index in [1.54, 1.807) is 19.1 Å². The lowest BCUT2D eigenvalue weighted by Crippen LogP contribution is -2.28. The van der Waals surface area contributed by atoms with Crippen LogP contribution in [0.1, 0.15) is 15.9 Å². The zero-order valence-electron chi connectivity index (χ0n) is 10.4. The predicted molar refractivity (Wildman–Crippen MR) is 72.4 cm³/mol. The number of benzene rings is 1. The van der Waals surface area contributed by atoms with Crippen molar-refractivity contribution in [1.29, 1.82) is 0 Å². The molecule has 1 aromatic rings. The zero-order valence-corrected chi connectivity index (χ0v) is 12.0. The lowest BCUT2D eigenvalue weighted by atomic mass is 10.1. The molecule has 0 aliphatic heterocycles. The Morgan fingerprint density at radius 1 is 1.53 bits per heavy atom. The number of hydrogen-bond acceptors (Lipinski definition) is 3. The third kappa shape index (κ3) is 5.12. The highest BCUT2D eigenvalue weighted by atomic mass is 79.9. The first kappa shape index (κ1) is 15.8. The molecule has 0 spiro atoms. The highest BCUT2D eigenvalue weighted by Gasteiger charge is 2.11. The number of amides is 1. The Balaban J connectivity index is 2.50. The molecule has 0 aliphatic rings. The summed E-state index contributed by atoms with van der Waals surface area (Å²) in [5.41, 5.74) is 7.38. The number of anilines is 1. The fourth-order valence-corrected chi connectivity index (χ4v) is 1.92. The number of nitrogens with two attached hydrogens (primary N) is 1. The Bertz CT molecular complexity index is 456. The molecule has 1 amide bonds. The summed E-state index contributed by atoms with van der Waals surface area (Å²) in [6.45, 7) is 1.32. The van der Waals surface area contributed by atoms with Crippen molar-refractivity contribution in [3.05, 3.63) is 27.7 Å². The van der Waals surface area contributed by atoms with Crippen molar-refractivity contribution < 1.29 is 18.3 Å². The van der Waals surface area contributed by atoms with Gasteiger partial charge in [0.15, 0.2) is 0 Å². The van der Waals surface area contributed by atoms with Gasteiger partial charge in [-0.3, -0.25) is 4.79 Å². The lowest BCUT2D eigenvalue weighted by Gasteiger charge is -2.10. The Morgan fingerprint density at radius 3 is 2.84 bits per heavy atom. The van der Waals surface area contributed by atoms with E-state index in [0.29, 0.717) is 21.3 Å². The number of ether oxygens (including phenoxy) is 1. The average molecular weight is 337 g/mol. The minimum absolute atomic E-state index is 0.0403. The number of alkyl halides is 2. The Labute approximate surface area is 118 Å². The number of hydrogen-bond donors (Lipinski definition) is 2. The van der Waals surface area contributed by atoms with Gasteiger partial charge in [0.2, 0.25) is 0 Å². The van der Waals surface area contributed by atoms with E-state index in [1.165, 1.54) is 0 Å². The Hall–Kier alpha value is -1.21. The highest BCUT2D eigenvalue weighted by Crippen LogP contribution is 2.22. The molecule has 0 fully saturated rings. The fourth-order valence-electron chi connectivity index (χ4n) is 1.44. The normalized spacial score (nSPS) is 10.8. The van der Waals surface area contributed by atoms with Crippen molar-refractivity contribution in [2.24, 2.45) is 0 Å². The van der Waals surface area contributed by atoms with E-state index < -0.39 is 13.0 Å². The molecule has 0 saturated carbocycles. The summed E-state index contributed by atoms with van der Waals surface area (Å²) in [5, 5.41) is 2.58. The van der Waals surface area contributed by atoms with Crippen LogP contribution >= 0.6 is 15.9 Å². The van der Waals surface area contributed by atoms with E-state index in [2.05, 4.69) is 26.0 Å². The van der Waals surface area contributed by atoms with E-state index in [4.69, 9.17) is 5.73 Å². The van der Waals surface area contributed by atoms with Gasteiger partial charge in [0, 0.05) is 22.3 Å². The van der Waals surface area contributed by atoms with Gasteiger partial charge in [-0.05, 0) is 24.6 Å². The monoisotopic (exact) mass is 336 g/mol. The van der Waals surface area contributed by atoms with Gasteiger partial charge in [-0.1, -0.05) is 15.9 Å². The first-order valence-corrected chi connectivity index (χ1v) is 6.41. The van der Waals surface area contributed by atoms with E-state index in [9.17, 15) is 13.6 Å². The molecule has 19 heavy (non-hydrogen) atoms. The third-order valence-corrected chi connectivity index (χ3v) is 2.89. The van der Waals surface area contributed by atoms with Crippen LogP contribution in [0.3, 0.4) is 0 Å². The van der Waals surface area contributed by atoms with Crippen molar-refractivity contribution in [1.82, 2.24) is 5.32 Å². The van der Waals surface area contributed by atoms with Crippen molar-refractivity contribution >= 4 is 27.5 Å². The van der Waals surface area contributed by atoms with Crippen LogP contribution in [0.25, 0.3) is 0 Å². The predicted octanol–water partition coefficient (Wildman–Crippen LogP) is 2.35. The van der Waals surface area contributed by atoms with Gasteiger partial charge in [-0.2, -0.15) is 0 Å². The molecule has 7 heteroatoms. The minimum atomic E-state index is -2.50. The summed E-state index contributed by atoms with van der Waals surface area (Å²) in [6, 6.07) is 3.36. The van der Waals surface area contributed by atoms with Gasteiger partial charge in [0.05, 0.1) is 6.61 Å². The molecule has 4 nitrogen and oxygen atoms in total. The van der Waals surface area contributed by atoms with Gasteiger partial charge in [0.25, 0.3) is 12.3 Å². The SMILES string of the molecule is Cc1c(N)cc(Br)cc1C(=O)NCCOCC(F)F. The first-order chi connectivity index (χ1) is 8.91. The van der Waals surface area contributed by atoms with Gasteiger partial charge in [-0.15, -0.1) is 0 Å². The number of nitrogens with one attached hydrogen (secondary N) is 1.